The van der Waals surface area contributed by atoms with Crippen molar-refractivity contribution in [1.29, 1.82) is 0 Å². The molecule has 1 rings (SSSR count). The van der Waals surface area contributed by atoms with Crippen LogP contribution in [0.4, 0.5) is 4.79 Å². The standard InChI is InChI=1S/C10H20N2O2/c1-10(2,3)14-9(13)12-6-7-4-8(11)5-7/h7-8H,4-6,11H2,1-3H3,(H,12,13). The summed E-state index contributed by atoms with van der Waals surface area (Å²) in [6.07, 6.45) is 1.68. The van der Waals surface area contributed by atoms with E-state index in [0.29, 0.717) is 18.5 Å². The molecule has 1 aliphatic carbocycles. The van der Waals surface area contributed by atoms with Crippen LogP contribution in [0.1, 0.15) is 33.6 Å². The topological polar surface area (TPSA) is 64.3 Å². The third kappa shape index (κ3) is 3.96. The van der Waals surface area contributed by atoms with Crippen molar-refractivity contribution in [3.05, 3.63) is 0 Å². The van der Waals surface area contributed by atoms with Gasteiger partial charge in [-0.1, -0.05) is 0 Å². The third-order valence-electron chi connectivity index (χ3n) is 2.21. The van der Waals surface area contributed by atoms with E-state index in [2.05, 4.69) is 5.32 Å². The van der Waals surface area contributed by atoms with Crippen LogP contribution in [-0.4, -0.2) is 24.3 Å². The van der Waals surface area contributed by atoms with Gasteiger partial charge in [-0.2, -0.15) is 0 Å². The predicted octanol–water partition coefficient (Wildman–Crippen LogP) is 1.25. The lowest BCUT2D eigenvalue weighted by molar-refractivity contribution is 0.0507. The quantitative estimate of drug-likeness (QED) is 0.705. The van der Waals surface area contributed by atoms with E-state index >= 15 is 0 Å². The summed E-state index contributed by atoms with van der Waals surface area (Å²) in [6, 6.07) is 0.334. The number of carbonyl (C=O) groups excluding carboxylic acids is 1. The summed E-state index contributed by atoms with van der Waals surface area (Å²) in [6.45, 7) is 6.24. The number of nitrogens with one attached hydrogen (secondary N) is 1. The zero-order valence-corrected chi connectivity index (χ0v) is 9.17. The molecule has 0 aromatic heterocycles. The van der Waals surface area contributed by atoms with Gasteiger partial charge in [-0.05, 0) is 39.5 Å². The van der Waals surface area contributed by atoms with Crippen LogP contribution in [0.15, 0.2) is 0 Å². The van der Waals surface area contributed by atoms with Crippen molar-refractivity contribution < 1.29 is 9.53 Å². The van der Waals surface area contributed by atoms with Crippen LogP contribution in [0.25, 0.3) is 0 Å². The number of ether oxygens (including phenoxy) is 1. The van der Waals surface area contributed by atoms with Gasteiger partial charge in [-0.25, -0.2) is 4.79 Å². The van der Waals surface area contributed by atoms with E-state index in [9.17, 15) is 4.79 Å². The minimum Gasteiger partial charge on any atom is -0.444 e. The molecule has 0 atom stereocenters. The summed E-state index contributed by atoms with van der Waals surface area (Å²) in [5, 5.41) is 2.74. The molecule has 0 unspecified atom stereocenters. The van der Waals surface area contributed by atoms with Crippen LogP contribution in [-0.2, 0) is 4.74 Å². The Morgan fingerprint density at radius 1 is 1.50 bits per heavy atom. The average Bonchev–Trinajstić information content (AvgIpc) is 1.92. The molecule has 0 heterocycles. The van der Waals surface area contributed by atoms with Crippen LogP contribution in [0, 0.1) is 5.92 Å². The Morgan fingerprint density at radius 3 is 2.50 bits per heavy atom. The van der Waals surface area contributed by atoms with Gasteiger partial charge in [-0.15, -0.1) is 0 Å². The predicted molar refractivity (Wildman–Crippen MR) is 54.9 cm³/mol. The molecule has 1 amide bonds. The molecule has 0 aromatic rings. The van der Waals surface area contributed by atoms with Gasteiger partial charge >= 0.3 is 6.09 Å². The van der Waals surface area contributed by atoms with Gasteiger partial charge in [-0.3, -0.25) is 0 Å². The lowest BCUT2D eigenvalue weighted by Crippen LogP contribution is -2.43. The largest absolute Gasteiger partial charge is 0.444 e. The smallest absolute Gasteiger partial charge is 0.407 e. The summed E-state index contributed by atoms with van der Waals surface area (Å²) >= 11 is 0. The van der Waals surface area contributed by atoms with Gasteiger partial charge in [0.1, 0.15) is 5.60 Å². The number of nitrogens with two attached hydrogens (primary N) is 1. The van der Waals surface area contributed by atoms with Gasteiger partial charge in [0.2, 0.25) is 0 Å². The molecule has 0 aromatic carbocycles. The van der Waals surface area contributed by atoms with Crippen LogP contribution >= 0.6 is 0 Å². The van der Waals surface area contributed by atoms with E-state index in [1.165, 1.54) is 0 Å². The van der Waals surface area contributed by atoms with E-state index < -0.39 is 5.60 Å². The number of rotatable bonds is 2. The Hall–Kier alpha value is -0.770. The Morgan fingerprint density at radius 2 is 2.07 bits per heavy atom. The molecular weight excluding hydrogens is 180 g/mol. The second kappa shape index (κ2) is 4.17. The second-order valence-corrected chi connectivity index (χ2v) is 4.98. The van der Waals surface area contributed by atoms with Crippen LogP contribution in [0.5, 0.6) is 0 Å². The molecule has 3 N–H and O–H groups in total. The fourth-order valence-corrected chi connectivity index (χ4v) is 1.50. The van der Waals surface area contributed by atoms with Crippen molar-refractivity contribution in [1.82, 2.24) is 5.32 Å². The minimum atomic E-state index is -0.417. The zero-order chi connectivity index (χ0) is 10.8. The molecule has 4 heteroatoms. The van der Waals surface area contributed by atoms with E-state index in [4.69, 9.17) is 10.5 Å². The first-order valence-corrected chi connectivity index (χ1v) is 5.09. The van der Waals surface area contributed by atoms with Gasteiger partial charge in [0.05, 0.1) is 0 Å². The SMILES string of the molecule is CC(C)(C)OC(=O)NCC1CC(N)C1. The molecule has 0 spiro atoms. The lowest BCUT2D eigenvalue weighted by Gasteiger charge is -2.32. The number of alkyl carbamates (subject to hydrolysis) is 1. The highest BCUT2D eigenvalue weighted by atomic mass is 16.6. The summed E-state index contributed by atoms with van der Waals surface area (Å²) in [7, 11) is 0. The molecule has 82 valence electrons. The Kier molecular flexibility index (Phi) is 3.37. The molecule has 1 fully saturated rings. The molecule has 1 saturated carbocycles. The number of carbonyl (C=O) groups is 1. The molecular formula is C10H20N2O2. The van der Waals surface area contributed by atoms with E-state index in [1.807, 2.05) is 20.8 Å². The normalized spacial score (nSPS) is 26.6. The molecule has 0 aliphatic heterocycles. The molecule has 1 aliphatic rings. The average molecular weight is 200 g/mol. The highest BCUT2D eigenvalue weighted by Gasteiger charge is 2.26. The van der Waals surface area contributed by atoms with Crippen LogP contribution in [0.3, 0.4) is 0 Å². The van der Waals surface area contributed by atoms with Gasteiger partial charge in [0, 0.05) is 12.6 Å². The maximum Gasteiger partial charge on any atom is 0.407 e. The number of amides is 1. The maximum absolute atomic E-state index is 11.2. The zero-order valence-electron chi connectivity index (χ0n) is 9.17. The number of hydrogen-bond donors (Lipinski definition) is 2. The van der Waals surface area contributed by atoms with Crippen molar-refractivity contribution in [2.75, 3.05) is 6.54 Å². The Bertz CT molecular complexity index is 205. The van der Waals surface area contributed by atoms with E-state index in [0.717, 1.165) is 12.8 Å². The summed E-state index contributed by atoms with van der Waals surface area (Å²) in [4.78, 5) is 11.2. The first-order valence-electron chi connectivity index (χ1n) is 5.09. The molecule has 0 radical (unpaired) electrons. The van der Waals surface area contributed by atoms with Crippen molar-refractivity contribution in [3.8, 4) is 0 Å². The molecule has 14 heavy (non-hydrogen) atoms. The maximum atomic E-state index is 11.2. The van der Waals surface area contributed by atoms with Gasteiger partial charge < -0.3 is 15.8 Å². The summed E-state index contributed by atoms with van der Waals surface area (Å²) in [5.41, 5.74) is 5.22. The van der Waals surface area contributed by atoms with E-state index in [1.54, 1.807) is 0 Å². The summed E-state index contributed by atoms with van der Waals surface area (Å²) in [5.74, 6) is 0.539. The van der Waals surface area contributed by atoms with Crippen molar-refractivity contribution >= 4 is 6.09 Å². The third-order valence-corrected chi connectivity index (χ3v) is 2.21. The molecule has 0 saturated heterocycles. The number of hydrogen-bond acceptors (Lipinski definition) is 3. The Labute approximate surface area is 85.2 Å². The Balaban J connectivity index is 2.10. The molecule has 4 nitrogen and oxygen atoms in total. The second-order valence-electron chi connectivity index (χ2n) is 4.98. The van der Waals surface area contributed by atoms with Crippen LogP contribution in [0.2, 0.25) is 0 Å². The van der Waals surface area contributed by atoms with Gasteiger partial charge in [0.15, 0.2) is 0 Å². The van der Waals surface area contributed by atoms with Crippen molar-refractivity contribution in [2.45, 2.75) is 45.3 Å². The van der Waals surface area contributed by atoms with Crippen molar-refractivity contribution in [3.63, 3.8) is 0 Å². The first kappa shape index (κ1) is 11.3. The summed E-state index contributed by atoms with van der Waals surface area (Å²) < 4.78 is 5.10. The first-order chi connectivity index (χ1) is 6.37. The minimum absolute atomic E-state index is 0.334. The lowest BCUT2D eigenvalue weighted by atomic mass is 9.81. The van der Waals surface area contributed by atoms with Crippen molar-refractivity contribution in [2.24, 2.45) is 11.7 Å². The van der Waals surface area contributed by atoms with Gasteiger partial charge in [0.25, 0.3) is 0 Å². The van der Waals surface area contributed by atoms with Crippen LogP contribution < -0.4 is 11.1 Å². The highest BCUT2D eigenvalue weighted by Crippen LogP contribution is 2.24. The molecule has 0 bridgehead atoms. The van der Waals surface area contributed by atoms with E-state index in [-0.39, 0.29) is 6.09 Å². The fraction of sp³-hybridized carbons (Fsp3) is 0.900. The highest BCUT2D eigenvalue weighted by molar-refractivity contribution is 5.67. The monoisotopic (exact) mass is 200 g/mol. The fourth-order valence-electron chi connectivity index (χ4n) is 1.50.